The number of halogens is 3. The van der Waals surface area contributed by atoms with E-state index in [9.17, 15) is 21.6 Å². The Balaban J connectivity index is 1.84. The molecule has 1 aromatic rings. The summed E-state index contributed by atoms with van der Waals surface area (Å²) in [4.78, 5) is -0.0934. The van der Waals surface area contributed by atoms with E-state index in [4.69, 9.17) is 4.43 Å². The van der Waals surface area contributed by atoms with Crippen LogP contribution in [0.5, 0.6) is 0 Å². The SMILES string of the molecule is CC(C)(C)[Si](C)(C)O[C@H]1C[C@@H](C2CC2)N(S(=O)(=O)c2ccc(C(F)(F)F)cc2)C1. The van der Waals surface area contributed by atoms with Crippen molar-refractivity contribution in [3.05, 3.63) is 29.8 Å². The molecule has 0 amide bonds. The molecule has 2 atom stereocenters. The average Bonchev–Trinajstić information content (AvgIpc) is 3.33. The molecular formula is C20H30F3NO3SSi. The smallest absolute Gasteiger partial charge is 0.413 e. The molecule has 0 bridgehead atoms. The van der Waals surface area contributed by atoms with Gasteiger partial charge in [-0.15, -0.1) is 0 Å². The molecule has 2 aliphatic rings. The van der Waals surface area contributed by atoms with E-state index in [0.29, 0.717) is 12.3 Å². The lowest BCUT2D eigenvalue weighted by atomic mass is 10.1. The predicted molar refractivity (Wildman–Crippen MR) is 109 cm³/mol. The fourth-order valence-electron chi connectivity index (χ4n) is 3.61. The van der Waals surface area contributed by atoms with E-state index in [2.05, 4.69) is 33.9 Å². The van der Waals surface area contributed by atoms with Gasteiger partial charge in [0.2, 0.25) is 10.0 Å². The monoisotopic (exact) mass is 449 g/mol. The Morgan fingerprint density at radius 3 is 2.07 bits per heavy atom. The highest BCUT2D eigenvalue weighted by atomic mass is 32.2. The van der Waals surface area contributed by atoms with Gasteiger partial charge in [0.25, 0.3) is 0 Å². The molecule has 0 spiro atoms. The molecule has 2 fully saturated rings. The number of rotatable bonds is 5. The largest absolute Gasteiger partial charge is 0.416 e. The van der Waals surface area contributed by atoms with Gasteiger partial charge < -0.3 is 4.43 Å². The maximum absolute atomic E-state index is 13.2. The Morgan fingerprint density at radius 1 is 1.07 bits per heavy atom. The van der Waals surface area contributed by atoms with E-state index < -0.39 is 30.1 Å². The van der Waals surface area contributed by atoms with Gasteiger partial charge in [0.1, 0.15) is 0 Å². The van der Waals surface area contributed by atoms with E-state index in [1.165, 1.54) is 4.31 Å². The van der Waals surface area contributed by atoms with Crippen LogP contribution in [0.15, 0.2) is 29.2 Å². The third-order valence-corrected chi connectivity index (χ3v) is 12.9. The highest BCUT2D eigenvalue weighted by molar-refractivity contribution is 7.89. The molecule has 0 radical (unpaired) electrons. The molecular weight excluding hydrogens is 419 g/mol. The van der Waals surface area contributed by atoms with Crippen molar-refractivity contribution >= 4 is 18.3 Å². The summed E-state index contributed by atoms with van der Waals surface area (Å²) in [6, 6.07) is 3.64. The standard InChI is InChI=1S/C20H30F3NO3SSi/c1-19(2,3)29(4,5)27-16-12-18(14-6-7-14)24(13-16)28(25,26)17-10-8-15(9-11-17)20(21,22)23/h8-11,14,16,18H,6-7,12-13H2,1-5H3/t16-,18-/m0/s1. The topological polar surface area (TPSA) is 46.6 Å². The number of hydrogen-bond acceptors (Lipinski definition) is 3. The number of nitrogens with zero attached hydrogens (tertiary/aromatic N) is 1. The van der Waals surface area contributed by atoms with Crippen LogP contribution in [0.3, 0.4) is 0 Å². The molecule has 0 unspecified atom stereocenters. The molecule has 1 saturated heterocycles. The molecule has 164 valence electrons. The van der Waals surface area contributed by atoms with E-state index in [1.807, 2.05) is 0 Å². The minimum Gasteiger partial charge on any atom is -0.413 e. The highest BCUT2D eigenvalue weighted by Gasteiger charge is 2.50. The normalized spacial score (nSPS) is 24.8. The molecule has 1 aromatic carbocycles. The summed E-state index contributed by atoms with van der Waals surface area (Å²) in [6.07, 6.45) is -2.05. The Labute approximate surface area is 172 Å². The summed E-state index contributed by atoms with van der Waals surface area (Å²) in [5.74, 6) is 0.312. The minimum atomic E-state index is -4.49. The van der Waals surface area contributed by atoms with E-state index in [-0.39, 0.29) is 28.6 Å². The lowest BCUT2D eigenvalue weighted by Gasteiger charge is -2.38. The summed E-state index contributed by atoms with van der Waals surface area (Å²) in [7, 11) is -5.93. The lowest BCUT2D eigenvalue weighted by Crippen LogP contribution is -2.44. The maximum atomic E-state index is 13.2. The first-order valence-electron chi connectivity index (χ1n) is 10.00. The number of benzene rings is 1. The molecule has 1 heterocycles. The third-order valence-electron chi connectivity index (χ3n) is 6.48. The van der Waals surface area contributed by atoms with Gasteiger partial charge in [-0.1, -0.05) is 20.8 Å². The minimum absolute atomic E-state index is 0.0157. The average molecular weight is 450 g/mol. The van der Waals surface area contributed by atoms with Gasteiger partial charge in [0, 0.05) is 12.6 Å². The van der Waals surface area contributed by atoms with Crippen LogP contribution in [-0.2, 0) is 20.6 Å². The molecule has 9 heteroatoms. The van der Waals surface area contributed by atoms with Gasteiger partial charge in [0.15, 0.2) is 8.32 Å². The Morgan fingerprint density at radius 2 is 1.62 bits per heavy atom. The molecule has 29 heavy (non-hydrogen) atoms. The van der Waals surface area contributed by atoms with Crippen molar-refractivity contribution in [2.45, 2.75) is 81.4 Å². The summed E-state index contributed by atoms with van der Waals surface area (Å²) < 4.78 is 72.9. The van der Waals surface area contributed by atoms with Crippen LogP contribution < -0.4 is 0 Å². The van der Waals surface area contributed by atoms with Crippen LogP contribution in [0.4, 0.5) is 13.2 Å². The van der Waals surface area contributed by atoms with Gasteiger partial charge in [-0.2, -0.15) is 17.5 Å². The van der Waals surface area contributed by atoms with Gasteiger partial charge in [0.05, 0.1) is 16.6 Å². The molecule has 1 aliphatic heterocycles. The van der Waals surface area contributed by atoms with Crippen molar-refractivity contribution in [1.29, 1.82) is 0 Å². The summed E-state index contributed by atoms with van der Waals surface area (Å²) >= 11 is 0. The van der Waals surface area contributed by atoms with Crippen LogP contribution in [0.2, 0.25) is 18.1 Å². The first kappa shape index (κ1) is 22.8. The quantitative estimate of drug-likeness (QED) is 0.576. The van der Waals surface area contributed by atoms with Gasteiger partial charge in [-0.05, 0) is 67.6 Å². The third kappa shape index (κ3) is 4.73. The fourth-order valence-corrected chi connectivity index (χ4v) is 6.70. The van der Waals surface area contributed by atoms with E-state index in [1.54, 1.807) is 0 Å². The Bertz CT molecular complexity index is 843. The molecule has 3 rings (SSSR count). The predicted octanol–water partition coefficient (Wildman–Crippen LogP) is 5.27. The van der Waals surface area contributed by atoms with Crippen molar-refractivity contribution < 1.29 is 26.0 Å². The van der Waals surface area contributed by atoms with E-state index >= 15 is 0 Å². The van der Waals surface area contributed by atoms with Crippen LogP contribution in [-0.4, -0.2) is 39.7 Å². The second kappa shape index (κ2) is 7.35. The van der Waals surface area contributed by atoms with Crippen LogP contribution >= 0.6 is 0 Å². The first-order chi connectivity index (χ1) is 13.1. The zero-order chi connectivity index (χ0) is 21.8. The number of sulfonamides is 1. The Hall–Kier alpha value is -0.903. The van der Waals surface area contributed by atoms with E-state index in [0.717, 1.165) is 37.1 Å². The zero-order valence-corrected chi connectivity index (χ0v) is 19.4. The van der Waals surface area contributed by atoms with Gasteiger partial charge in [-0.25, -0.2) is 8.42 Å². The van der Waals surface area contributed by atoms with Crippen LogP contribution in [0, 0.1) is 5.92 Å². The van der Waals surface area contributed by atoms with Gasteiger partial charge in [-0.3, -0.25) is 0 Å². The summed E-state index contributed by atoms with van der Waals surface area (Å²) in [6.45, 7) is 11.0. The number of hydrogen-bond donors (Lipinski definition) is 0. The van der Waals surface area contributed by atoms with Crippen molar-refractivity contribution in [2.24, 2.45) is 5.92 Å². The second-order valence-corrected chi connectivity index (χ2v) is 16.4. The summed E-state index contributed by atoms with van der Waals surface area (Å²) in [5, 5.41) is 0.0157. The molecule has 1 aliphatic carbocycles. The zero-order valence-electron chi connectivity index (χ0n) is 17.6. The Kier molecular flexibility index (Phi) is 5.77. The maximum Gasteiger partial charge on any atom is 0.416 e. The first-order valence-corrected chi connectivity index (χ1v) is 14.3. The molecule has 1 saturated carbocycles. The summed E-state index contributed by atoms with van der Waals surface area (Å²) in [5.41, 5.74) is -0.851. The highest BCUT2D eigenvalue weighted by Crippen LogP contribution is 2.45. The van der Waals surface area contributed by atoms with Crippen molar-refractivity contribution in [3.8, 4) is 0 Å². The van der Waals surface area contributed by atoms with Crippen LogP contribution in [0.1, 0.15) is 45.6 Å². The van der Waals surface area contributed by atoms with Gasteiger partial charge >= 0.3 is 6.18 Å². The molecule has 0 aromatic heterocycles. The molecule has 4 nitrogen and oxygen atoms in total. The lowest BCUT2D eigenvalue weighted by molar-refractivity contribution is -0.137. The van der Waals surface area contributed by atoms with Crippen LogP contribution in [0.25, 0.3) is 0 Å². The second-order valence-electron chi connectivity index (χ2n) is 9.74. The van der Waals surface area contributed by atoms with Crippen molar-refractivity contribution in [2.75, 3.05) is 6.54 Å². The number of alkyl halides is 3. The fraction of sp³-hybridized carbons (Fsp3) is 0.700. The van der Waals surface area contributed by atoms with Crippen molar-refractivity contribution in [3.63, 3.8) is 0 Å². The molecule has 0 N–H and O–H groups in total. The van der Waals surface area contributed by atoms with Crippen molar-refractivity contribution in [1.82, 2.24) is 4.31 Å².